The summed E-state index contributed by atoms with van der Waals surface area (Å²) in [5, 5.41) is 16.6. The molecule has 7 nitrogen and oxygen atoms in total. The highest BCUT2D eigenvalue weighted by Crippen LogP contribution is 2.52. The molecule has 3 aromatic rings. The average Bonchev–Trinajstić information content (AvgIpc) is 3.12. The Labute approximate surface area is 194 Å². The Morgan fingerprint density at radius 3 is 2.28 bits per heavy atom. The third-order valence-corrected chi connectivity index (χ3v) is 6.08. The molecule has 3 aromatic carbocycles. The second-order valence-corrected chi connectivity index (χ2v) is 8.11. The zero-order valence-corrected chi connectivity index (χ0v) is 18.4. The van der Waals surface area contributed by atoms with Crippen LogP contribution in [0.25, 0.3) is 0 Å². The van der Waals surface area contributed by atoms with E-state index in [4.69, 9.17) is 33.7 Å². The van der Waals surface area contributed by atoms with E-state index in [1.807, 2.05) is 0 Å². The number of aromatic carboxylic acids is 1. The summed E-state index contributed by atoms with van der Waals surface area (Å²) in [7, 11) is 1.50. The molecule has 1 amide bonds. The summed E-state index contributed by atoms with van der Waals surface area (Å²) in [4.78, 5) is 24.5. The molecule has 0 fully saturated rings. The number of para-hydroxylation sites is 1. The quantitative estimate of drug-likeness (QED) is 0.415. The normalized spacial score (nSPS) is 17.6. The number of carbonyl (C=O) groups excluding carboxylic acids is 1. The SMILES string of the molecule is COc1ccccc1C(C(N)=O)C1(c2c(Cl)cccc2Cl)Nc2ccc(C(=O)O)cc2N1. The van der Waals surface area contributed by atoms with E-state index in [0.29, 0.717) is 38.3 Å². The third-order valence-electron chi connectivity index (χ3n) is 5.45. The van der Waals surface area contributed by atoms with Crippen LogP contribution in [0, 0.1) is 0 Å². The zero-order chi connectivity index (χ0) is 23.0. The first-order valence-corrected chi connectivity index (χ1v) is 10.3. The lowest BCUT2D eigenvalue weighted by molar-refractivity contribution is -0.120. The molecule has 1 heterocycles. The molecule has 0 aliphatic carbocycles. The van der Waals surface area contributed by atoms with Gasteiger partial charge in [0, 0.05) is 21.2 Å². The highest BCUT2D eigenvalue weighted by molar-refractivity contribution is 6.36. The van der Waals surface area contributed by atoms with Gasteiger partial charge < -0.3 is 26.2 Å². The second kappa shape index (κ2) is 8.26. The molecule has 0 bridgehead atoms. The van der Waals surface area contributed by atoms with E-state index in [9.17, 15) is 14.7 Å². The maximum atomic E-state index is 13.0. The topological polar surface area (TPSA) is 114 Å². The maximum Gasteiger partial charge on any atom is 0.335 e. The average molecular weight is 472 g/mol. The van der Waals surface area contributed by atoms with Crippen LogP contribution < -0.4 is 21.1 Å². The number of nitrogens with two attached hydrogens (primary N) is 1. The molecule has 2 unspecified atom stereocenters. The number of ether oxygens (including phenoxy) is 1. The van der Waals surface area contributed by atoms with Crippen molar-refractivity contribution in [3.05, 3.63) is 87.4 Å². The first kappa shape index (κ1) is 21.8. The molecule has 32 heavy (non-hydrogen) atoms. The number of carbonyl (C=O) groups is 2. The Hall–Kier alpha value is -3.42. The van der Waals surface area contributed by atoms with Crippen LogP contribution in [0.4, 0.5) is 11.4 Å². The molecule has 5 N–H and O–H groups in total. The van der Waals surface area contributed by atoms with Gasteiger partial charge in [-0.1, -0.05) is 47.5 Å². The predicted molar refractivity (Wildman–Crippen MR) is 124 cm³/mol. The van der Waals surface area contributed by atoms with E-state index < -0.39 is 23.5 Å². The molecular weight excluding hydrogens is 453 g/mol. The van der Waals surface area contributed by atoms with E-state index in [1.54, 1.807) is 48.5 Å². The number of anilines is 2. The van der Waals surface area contributed by atoms with Gasteiger partial charge in [0.25, 0.3) is 0 Å². The smallest absolute Gasteiger partial charge is 0.335 e. The first-order valence-electron chi connectivity index (χ1n) is 9.59. The summed E-state index contributed by atoms with van der Waals surface area (Å²) in [6, 6.07) is 16.5. The summed E-state index contributed by atoms with van der Waals surface area (Å²) in [6.45, 7) is 0. The number of benzene rings is 3. The van der Waals surface area contributed by atoms with Crippen molar-refractivity contribution in [2.75, 3.05) is 17.7 Å². The van der Waals surface area contributed by atoms with Crippen molar-refractivity contribution < 1.29 is 19.4 Å². The van der Waals surface area contributed by atoms with Crippen LogP contribution in [0.2, 0.25) is 10.0 Å². The van der Waals surface area contributed by atoms with Gasteiger partial charge in [0.15, 0.2) is 5.66 Å². The molecule has 0 radical (unpaired) electrons. The van der Waals surface area contributed by atoms with Gasteiger partial charge >= 0.3 is 5.97 Å². The van der Waals surface area contributed by atoms with E-state index >= 15 is 0 Å². The van der Waals surface area contributed by atoms with Gasteiger partial charge in [-0.3, -0.25) is 4.79 Å². The number of hydrogen-bond acceptors (Lipinski definition) is 5. The van der Waals surface area contributed by atoms with E-state index in [0.717, 1.165) is 0 Å². The van der Waals surface area contributed by atoms with E-state index in [1.165, 1.54) is 19.2 Å². The van der Waals surface area contributed by atoms with Crippen molar-refractivity contribution >= 4 is 46.5 Å². The van der Waals surface area contributed by atoms with Crippen LogP contribution in [0.15, 0.2) is 60.7 Å². The Balaban J connectivity index is 2.01. The van der Waals surface area contributed by atoms with Gasteiger partial charge in [0.1, 0.15) is 11.7 Å². The number of amides is 1. The van der Waals surface area contributed by atoms with Crippen molar-refractivity contribution in [1.82, 2.24) is 0 Å². The maximum absolute atomic E-state index is 13.0. The minimum Gasteiger partial charge on any atom is -0.496 e. The van der Waals surface area contributed by atoms with Gasteiger partial charge in [-0.05, 0) is 36.4 Å². The molecular formula is C23H19Cl2N3O4. The molecule has 0 spiro atoms. The molecule has 1 aliphatic rings. The van der Waals surface area contributed by atoms with Crippen molar-refractivity contribution in [2.45, 2.75) is 11.6 Å². The van der Waals surface area contributed by atoms with E-state index in [-0.39, 0.29) is 5.56 Å². The summed E-state index contributed by atoms with van der Waals surface area (Å²) in [6.07, 6.45) is 0. The van der Waals surface area contributed by atoms with Crippen molar-refractivity contribution in [3.63, 3.8) is 0 Å². The lowest BCUT2D eigenvalue weighted by atomic mass is 9.80. The number of halogens is 2. The van der Waals surface area contributed by atoms with Crippen molar-refractivity contribution in [1.29, 1.82) is 0 Å². The minimum atomic E-state index is -1.42. The fourth-order valence-electron chi connectivity index (χ4n) is 4.14. The van der Waals surface area contributed by atoms with Crippen LogP contribution in [-0.2, 0) is 10.5 Å². The number of hydrogen-bond donors (Lipinski definition) is 4. The fourth-order valence-corrected chi connectivity index (χ4v) is 4.83. The summed E-state index contributed by atoms with van der Waals surface area (Å²) in [5.74, 6) is -2.35. The largest absolute Gasteiger partial charge is 0.496 e. The molecule has 4 rings (SSSR count). The first-order chi connectivity index (χ1) is 15.3. The minimum absolute atomic E-state index is 0.0759. The van der Waals surface area contributed by atoms with Crippen LogP contribution in [-0.4, -0.2) is 24.1 Å². The van der Waals surface area contributed by atoms with Crippen molar-refractivity contribution in [3.8, 4) is 5.75 Å². The molecule has 0 saturated heterocycles. The summed E-state index contributed by atoms with van der Waals surface area (Å²) < 4.78 is 5.50. The van der Waals surface area contributed by atoms with Crippen LogP contribution >= 0.6 is 23.2 Å². The Morgan fingerprint density at radius 1 is 1.00 bits per heavy atom. The highest BCUT2D eigenvalue weighted by Gasteiger charge is 2.51. The standard InChI is InChI=1S/C23H19Cl2N3O4/c1-32-18-8-3-2-5-13(18)19(21(26)29)23(20-14(24)6-4-7-15(20)25)27-16-10-9-12(22(30)31)11-17(16)28-23/h2-11,19,27-28H,1H3,(H2,26,29)(H,30,31). The van der Waals surface area contributed by atoms with Crippen LogP contribution in [0.1, 0.15) is 27.4 Å². The molecule has 2 atom stereocenters. The lowest BCUT2D eigenvalue weighted by Crippen LogP contribution is -2.50. The summed E-state index contributed by atoms with van der Waals surface area (Å²) >= 11 is 13.2. The predicted octanol–water partition coefficient (Wildman–Crippen LogP) is 4.66. The lowest BCUT2D eigenvalue weighted by Gasteiger charge is -2.39. The third kappa shape index (κ3) is 3.49. The van der Waals surface area contributed by atoms with E-state index in [2.05, 4.69) is 10.6 Å². The monoisotopic (exact) mass is 471 g/mol. The number of carboxylic acids is 1. The second-order valence-electron chi connectivity index (χ2n) is 7.30. The van der Waals surface area contributed by atoms with Crippen molar-refractivity contribution in [2.24, 2.45) is 5.73 Å². The zero-order valence-electron chi connectivity index (χ0n) is 16.9. The Kier molecular flexibility index (Phi) is 5.62. The molecule has 0 saturated carbocycles. The number of carboxylic acid groups (broad SMARTS) is 1. The number of methoxy groups -OCH3 is 1. The van der Waals surface area contributed by atoms with Gasteiger partial charge in [0.2, 0.25) is 5.91 Å². The van der Waals surface area contributed by atoms with Gasteiger partial charge in [-0.2, -0.15) is 0 Å². The number of nitrogens with one attached hydrogen (secondary N) is 2. The summed E-state index contributed by atoms with van der Waals surface area (Å²) in [5.41, 5.74) is 6.53. The number of primary amides is 1. The fraction of sp³-hybridized carbons (Fsp3) is 0.130. The highest BCUT2D eigenvalue weighted by atomic mass is 35.5. The van der Waals surface area contributed by atoms with Gasteiger partial charge in [0.05, 0.1) is 24.0 Å². The molecule has 164 valence electrons. The number of fused-ring (bicyclic) bond motifs is 1. The Morgan fingerprint density at radius 2 is 1.66 bits per heavy atom. The molecule has 0 aromatic heterocycles. The Bertz CT molecular complexity index is 1210. The van der Waals surface area contributed by atoms with Crippen LogP contribution in [0.5, 0.6) is 5.75 Å². The number of rotatable bonds is 6. The molecule has 1 aliphatic heterocycles. The molecule has 9 heteroatoms. The van der Waals surface area contributed by atoms with Crippen LogP contribution in [0.3, 0.4) is 0 Å². The van der Waals surface area contributed by atoms with Gasteiger partial charge in [-0.15, -0.1) is 0 Å². The van der Waals surface area contributed by atoms with Gasteiger partial charge in [-0.25, -0.2) is 4.79 Å².